The second kappa shape index (κ2) is 5.71. The van der Waals surface area contributed by atoms with Crippen LogP contribution in [0.1, 0.15) is 20.3 Å². The van der Waals surface area contributed by atoms with Crippen LogP contribution in [0.4, 0.5) is 0 Å². The van der Waals surface area contributed by atoms with E-state index < -0.39 is 0 Å². The third-order valence-corrected chi connectivity index (χ3v) is 3.35. The molecule has 0 bridgehead atoms. The third-order valence-electron chi connectivity index (χ3n) is 1.78. The summed E-state index contributed by atoms with van der Waals surface area (Å²) in [6, 6.07) is 8.51. The molecule has 0 N–H and O–H groups in total. The highest BCUT2D eigenvalue weighted by molar-refractivity contribution is 9.10. The molecule has 1 aromatic rings. The number of benzene rings is 1. The minimum Gasteiger partial charge on any atom is -0.126 e. The molecule has 0 saturated carbocycles. The molecule has 0 heterocycles. The quantitative estimate of drug-likeness (QED) is 0.713. The number of thioether (sulfide) groups is 1. The first-order valence-corrected chi connectivity index (χ1v) is 6.34. The Kier molecular flexibility index (Phi) is 4.89. The fourth-order valence-corrected chi connectivity index (χ4v) is 2.36. The summed E-state index contributed by atoms with van der Waals surface area (Å²) in [6.07, 6.45) is 1.29. The SMILES string of the molecule is CC(C)CCSc1ccc(Br)cc1. The smallest absolute Gasteiger partial charge is 0.0176 e. The minimum atomic E-state index is 0.808. The summed E-state index contributed by atoms with van der Waals surface area (Å²) in [5, 5.41) is 0. The monoisotopic (exact) mass is 258 g/mol. The second-order valence-electron chi connectivity index (χ2n) is 3.48. The van der Waals surface area contributed by atoms with Crippen LogP contribution in [0, 0.1) is 5.92 Å². The summed E-state index contributed by atoms with van der Waals surface area (Å²) in [5.74, 6) is 2.03. The Balaban J connectivity index is 2.33. The fraction of sp³-hybridized carbons (Fsp3) is 0.455. The van der Waals surface area contributed by atoms with Crippen molar-refractivity contribution in [3.8, 4) is 0 Å². The number of hydrogen-bond acceptors (Lipinski definition) is 1. The lowest BCUT2D eigenvalue weighted by molar-refractivity contribution is 0.632. The molecule has 0 aliphatic carbocycles. The molecule has 72 valence electrons. The molecule has 0 atom stereocenters. The van der Waals surface area contributed by atoms with Gasteiger partial charge >= 0.3 is 0 Å². The van der Waals surface area contributed by atoms with Gasteiger partial charge in [-0.1, -0.05) is 29.8 Å². The second-order valence-corrected chi connectivity index (χ2v) is 5.57. The highest BCUT2D eigenvalue weighted by atomic mass is 79.9. The van der Waals surface area contributed by atoms with Crippen molar-refractivity contribution in [1.82, 2.24) is 0 Å². The van der Waals surface area contributed by atoms with E-state index in [2.05, 4.69) is 54.0 Å². The van der Waals surface area contributed by atoms with E-state index in [1.807, 2.05) is 11.8 Å². The van der Waals surface area contributed by atoms with Gasteiger partial charge in [-0.05, 0) is 42.4 Å². The normalized spacial score (nSPS) is 10.8. The van der Waals surface area contributed by atoms with Crippen molar-refractivity contribution in [2.24, 2.45) is 5.92 Å². The van der Waals surface area contributed by atoms with Crippen molar-refractivity contribution < 1.29 is 0 Å². The molecule has 0 aliphatic heterocycles. The van der Waals surface area contributed by atoms with E-state index in [1.165, 1.54) is 17.1 Å². The first-order valence-electron chi connectivity index (χ1n) is 4.57. The van der Waals surface area contributed by atoms with Gasteiger partial charge in [-0.25, -0.2) is 0 Å². The Morgan fingerprint density at radius 1 is 1.23 bits per heavy atom. The zero-order valence-electron chi connectivity index (χ0n) is 8.09. The van der Waals surface area contributed by atoms with Gasteiger partial charge < -0.3 is 0 Å². The van der Waals surface area contributed by atoms with Gasteiger partial charge in [0.15, 0.2) is 0 Å². The summed E-state index contributed by atoms with van der Waals surface area (Å²) in [5.41, 5.74) is 0. The highest BCUT2D eigenvalue weighted by Crippen LogP contribution is 2.22. The van der Waals surface area contributed by atoms with Crippen molar-refractivity contribution in [2.45, 2.75) is 25.2 Å². The summed E-state index contributed by atoms with van der Waals surface area (Å²) in [4.78, 5) is 1.36. The Hall–Kier alpha value is 0.0500. The van der Waals surface area contributed by atoms with E-state index in [0.717, 1.165) is 10.4 Å². The molecule has 0 unspecified atom stereocenters. The van der Waals surface area contributed by atoms with E-state index in [1.54, 1.807) is 0 Å². The zero-order chi connectivity index (χ0) is 9.68. The fourth-order valence-electron chi connectivity index (χ4n) is 0.943. The van der Waals surface area contributed by atoms with Crippen LogP contribution in [0.5, 0.6) is 0 Å². The van der Waals surface area contributed by atoms with Gasteiger partial charge in [0.25, 0.3) is 0 Å². The van der Waals surface area contributed by atoms with Gasteiger partial charge in [0.2, 0.25) is 0 Å². The predicted molar refractivity (Wildman–Crippen MR) is 64.3 cm³/mol. The van der Waals surface area contributed by atoms with E-state index in [4.69, 9.17) is 0 Å². The molecule has 0 radical (unpaired) electrons. The molecule has 13 heavy (non-hydrogen) atoms. The van der Waals surface area contributed by atoms with Crippen LogP contribution in [0.15, 0.2) is 33.6 Å². The maximum atomic E-state index is 3.43. The van der Waals surface area contributed by atoms with E-state index in [0.29, 0.717) is 0 Å². The molecule has 0 amide bonds. The molecular formula is C11H15BrS. The molecule has 0 fully saturated rings. The molecule has 1 aromatic carbocycles. The number of rotatable bonds is 4. The Bertz CT molecular complexity index is 241. The third kappa shape index (κ3) is 4.72. The molecule has 2 heteroatoms. The van der Waals surface area contributed by atoms with Crippen LogP contribution in [0.25, 0.3) is 0 Å². The van der Waals surface area contributed by atoms with Crippen molar-refractivity contribution >= 4 is 27.7 Å². The summed E-state index contributed by atoms with van der Waals surface area (Å²) in [6.45, 7) is 4.53. The van der Waals surface area contributed by atoms with Crippen LogP contribution >= 0.6 is 27.7 Å². The molecule has 0 aliphatic rings. The van der Waals surface area contributed by atoms with Gasteiger partial charge in [-0.15, -0.1) is 11.8 Å². The lowest BCUT2D eigenvalue weighted by Gasteiger charge is -2.04. The van der Waals surface area contributed by atoms with E-state index in [9.17, 15) is 0 Å². The average molecular weight is 259 g/mol. The highest BCUT2D eigenvalue weighted by Gasteiger charge is 1.96. The summed E-state index contributed by atoms with van der Waals surface area (Å²) < 4.78 is 1.15. The van der Waals surface area contributed by atoms with E-state index in [-0.39, 0.29) is 0 Å². The zero-order valence-corrected chi connectivity index (χ0v) is 10.5. The molecular weight excluding hydrogens is 244 g/mol. The largest absolute Gasteiger partial charge is 0.126 e. The standard InChI is InChI=1S/C11H15BrS/c1-9(2)7-8-13-11-5-3-10(12)4-6-11/h3-6,9H,7-8H2,1-2H3. The summed E-state index contributed by atoms with van der Waals surface area (Å²) in [7, 11) is 0. The van der Waals surface area contributed by atoms with Crippen molar-refractivity contribution in [3.63, 3.8) is 0 Å². The predicted octanol–water partition coefficient (Wildman–Crippen LogP) is 4.59. The van der Waals surface area contributed by atoms with Crippen LogP contribution in [0.3, 0.4) is 0 Å². The van der Waals surface area contributed by atoms with E-state index >= 15 is 0 Å². The minimum absolute atomic E-state index is 0.808. The maximum Gasteiger partial charge on any atom is 0.0176 e. The van der Waals surface area contributed by atoms with Crippen LogP contribution in [0.2, 0.25) is 0 Å². The van der Waals surface area contributed by atoms with Gasteiger partial charge in [0.05, 0.1) is 0 Å². The lowest BCUT2D eigenvalue weighted by Crippen LogP contribution is -1.88. The van der Waals surface area contributed by atoms with Crippen LogP contribution in [-0.2, 0) is 0 Å². The topological polar surface area (TPSA) is 0 Å². The molecule has 0 aromatic heterocycles. The number of halogens is 1. The average Bonchev–Trinajstić information content (AvgIpc) is 2.08. The van der Waals surface area contributed by atoms with Gasteiger partial charge in [0, 0.05) is 9.37 Å². The molecule has 0 spiro atoms. The summed E-state index contributed by atoms with van der Waals surface area (Å²) >= 11 is 5.36. The van der Waals surface area contributed by atoms with Crippen molar-refractivity contribution in [3.05, 3.63) is 28.7 Å². The van der Waals surface area contributed by atoms with Crippen molar-refractivity contribution in [1.29, 1.82) is 0 Å². The molecule has 0 saturated heterocycles. The molecule has 1 rings (SSSR count). The van der Waals surface area contributed by atoms with Crippen LogP contribution < -0.4 is 0 Å². The van der Waals surface area contributed by atoms with Gasteiger partial charge in [-0.2, -0.15) is 0 Å². The van der Waals surface area contributed by atoms with Crippen molar-refractivity contribution in [2.75, 3.05) is 5.75 Å². The number of hydrogen-bond donors (Lipinski definition) is 0. The van der Waals surface area contributed by atoms with Gasteiger partial charge in [-0.3, -0.25) is 0 Å². The Morgan fingerprint density at radius 3 is 2.38 bits per heavy atom. The lowest BCUT2D eigenvalue weighted by atomic mass is 10.2. The molecule has 0 nitrogen and oxygen atoms in total. The van der Waals surface area contributed by atoms with Gasteiger partial charge in [0.1, 0.15) is 0 Å². The Morgan fingerprint density at radius 2 is 1.85 bits per heavy atom. The van der Waals surface area contributed by atoms with Crippen LogP contribution in [-0.4, -0.2) is 5.75 Å². The Labute approximate surface area is 93.2 Å². The maximum absolute atomic E-state index is 3.43. The first-order chi connectivity index (χ1) is 6.18. The first kappa shape index (κ1) is 11.1.